The Kier molecular flexibility index (Phi) is 3.94. The highest BCUT2D eigenvalue weighted by atomic mass is 16.3. The molecule has 3 atom stereocenters. The second-order valence-corrected chi connectivity index (χ2v) is 3.35. The number of rotatable bonds is 4. The smallest absolute Gasteiger partial charge is 0.0895 e. The predicted molar refractivity (Wildman–Crippen MR) is 44.7 cm³/mol. The van der Waals surface area contributed by atoms with Crippen LogP contribution in [0.5, 0.6) is 0 Å². The van der Waals surface area contributed by atoms with Gasteiger partial charge in [0.25, 0.3) is 0 Å². The Hall–Kier alpha value is -0.160. The fourth-order valence-corrected chi connectivity index (χ4v) is 1.53. The van der Waals surface area contributed by atoms with Gasteiger partial charge in [0.1, 0.15) is 0 Å². The molecule has 0 saturated heterocycles. The Balaban J connectivity index is 2.13. The van der Waals surface area contributed by atoms with Gasteiger partial charge in [-0.15, -0.1) is 0 Å². The van der Waals surface area contributed by atoms with Gasteiger partial charge in [0.2, 0.25) is 0 Å². The van der Waals surface area contributed by atoms with Crippen molar-refractivity contribution in [1.29, 1.82) is 0 Å². The second-order valence-electron chi connectivity index (χ2n) is 3.35. The highest BCUT2D eigenvalue weighted by Crippen LogP contribution is 2.18. The van der Waals surface area contributed by atoms with E-state index in [4.69, 9.17) is 10.2 Å². The maximum Gasteiger partial charge on any atom is 0.0895 e. The molecule has 4 N–H and O–H groups in total. The number of nitrogens with one attached hydrogen (secondary N) is 1. The zero-order valence-corrected chi connectivity index (χ0v) is 7.11. The Labute approximate surface area is 72.2 Å². The van der Waals surface area contributed by atoms with Gasteiger partial charge in [-0.1, -0.05) is 0 Å². The molecule has 0 bridgehead atoms. The summed E-state index contributed by atoms with van der Waals surface area (Å²) in [5, 5.41) is 29.9. The van der Waals surface area contributed by atoms with E-state index in [0.29, 0.717) is 6.54 Å². The molecule has 1 aliphatic carbocycles. The van der Waals surface area contributed by atoms with E-state index >= 15 is 0 Å². The quantitative estimate of drug-likeness (QED) is 0.435. The normalized spacial score (nSPS) is 32.2. The number of hydrogen-bond acceptors (Lipinski definition) is 4. The van der Waals surface area contributed by atoms with Crippen LogP contribution < -0.4 is 5.32 Å². The summed E-state index contributed by atoms with van der Waals surface area (Å²) in [5.41, 5.74) is 0. The summed E-state index contributed by atoms with van der Waals surface area (Å²) in [6.07, 6.45) is 1.84. The van der Waals surface area contributed by atoms with E-state index in [-0.39, 0.29) is 18.8 Å². The van der Waals surface area contributed by atoms with Crippen molar-refractivity contribution in [2.24, 2.45) is 0 Å². The molecule has 0 radical (unpaired) electrons. The largest absolute Gasteiger partial charge is 0.394 e. The minimum Gasteiger partial charge on any atom is -0.394 e. The minimum atomic E-state index is -0.710. The first-order valence-electron chi connectivity index (χ1n) is 4.44. The van der Waals surface area contributed by atoms with E-state index in [9.17, 15) is 5.11 Å². The Morgan fingerprint density at radius 3 is 2.67 bits per heavy atom. The monoisotopic (exact) mass is 175 g/mol. The van der Waals surface area contributed by atoms with Crippen molar-refractivity contribution in [3.63, 3.8) is 0 Å². The standard InChI is InChI=1S/C8H17NO3/c10-5-6(11)4-9-7-2-1-3-8(7)12/h6-12H,1-5H2/t6?,7-,8-/m1/s1. The van der Waals surface area contributed by atoms with Gasteiger partial charge < -0.3 is 20.6 Å². The third kappa shape index (κ3) is 2.71. The average molecular weight is 175 g/mol. The summed E-state index contributed by atoms with van der Waals surface area (Å²) in [4.78, 5) is 0. The first-order valence-corrected chi connectivity index (χ1v) is 4.44. The van der Waals surface area contributed by atoms with Crippen LogP contribution in [0.3, 0.4) is 0 Å². The average Bonchev–Trinajstić information content (AvgIpc) is 2.47. The number of aliphatic hydroxyl groups excluding tert-OH is 3. The van der Waals surface area contributed by atoms with Crippen LogP contribution in [0, 0.1) is 0 Å². The first-order chi connectivity index (χ1) is 5.74. The lowest BCUT2D eigenvalue weighted by molar-refractivity contribution is 0.0824. The van der Waals surface area contributed by atoms with Crippen LogP contribution in [0.4, 0.5) is 0 Å². The van der Waals surface area contributed by atoms with Crippen molar-refractivity contribution >= 4 is 0 Å². The van der Waals surface area contributed by atoms with Gasteiger partial charge in [0.15, 0.2) is 0 Å². The summed E-state index contributed by atoms with van der Waals surface area (Å²) in [6, 6.07) is 0.103. The fourth-order valence-electron chi connectivity index (χ4n) is 1.53. The molecule has 4 heteroatoms. The molecule has 0 amide bonds. The highest BCUT2D eigenvalue weighted by molar-refractivity contribution is 4.83. The van der Waals surface area contributed by atoms with Crippen molar-refractivity contribution in [3.8, 4) is 0 Å². The molecule has 1 aliphatic rings. The Morgan fingerprint density at radius 1 is 1.42 bits per heavy atom. The van der Waals surface area contributed by atoms with Crippen LogP contribution in [-0.2, 0) is 0 Å². The van der Waals surface area contributed by atoms with Crippen LogP contribution >= 0.6 is 0 Å². The van der Waals surface area contributed by atoms with Crippen molar-refractivity contribution in [1.82, 2.24) is 5.32 Å². The fraction of sp³-hybridized carbons (Fsp3) is 1.00. The van der Waals surface area contributed by atoms with Gasteiger partial charge >= 0.3 is 0 Å². The summed E-state index contributed by atoms with van der Waals surface area (Å²) in [6.45, 7) is 0.133. The Morgan fingerprint density at radius 2 is 2.17 bits per heavy atom. The molecule has 0 aliphatic heterocycles. The summed E-state index contributed by atoms with van der Waals surface area (Å²) in [5.74, 6) is 0. The van der Waals surface area contributed by atoms with Crippen LogP contribution in [-0.4, -0.2) is 46.7 Å². The maximum atomic E-state index is 9.37. The first kappa shape index (κ1) is 9.92. The van der Waals surface area contributed by atoms with Crippen molar-refractivity contribution in [2.75, 3.05) is 13.2 Å². The SMILES string of the molecule is OCC(O)CN[C@@H]1CCC[C@H]1O. The van der Waals surface area contributed by atoms with Gasteiger partial charge in [-0.2, -0.15) is 0 Å². The topological polar surface area (TPSA) is 72.7 Å². The maximum absolute atomic E-state index is 9.37. The molecule has 12 heavy (non-hydrogen) atoms. The summed E-state index contributed by atoms with van der Waals surface area (Å²) >= 11 is 0. The number of aliphatic hydroxyl groups is 3. The van der Waals surface area contributed by atoms with E-state index in [0.717, 1.165) is 19.3 Å². The third-order valence-electron chi connectivity index (χ3n) is 2.31. The van der Waals surface area contributed by atoms with E-state index < -0.39 is 6.10 Å². The summed E-state index contributed by atoms with van der Waals surface area (Å²) in [7, 11) is 0. The van der Waals surface area contributed by atoms with E-state index in [2.05, 4.69) is 5.32 Å². The molecule has 0 heterocycles. The van der Waals surface area contributed by atoms with Crippen molar-refractivity contribution in [3.05, 3.63) is 0 Å². The molecule has 1 rings (SSSR count). The molecule has 0 aromatic heterocycles. The third-order valence-corrected chi connectivity index (χ3v) is 2.31. The molecular weight excluding hydrogens is 158 g/mol. The lowest BCUT2D eigenvalue weighted by atomic mass is 10.2. The zero-order chi connectivity index (χ0) is 8.97. The number of hydrogen-bond donors (Lipinski definition) is 4. The van der Waals surface area contributed by atoms with Gasteiger partial charge in [0, 0.05) is 12.6 Å². The summed E-state index contributed by atoms with van der Waals surface area (Å²) < 4.78 is 0. The van der Waals surface area contributed by atoms with Gasteiger partial charge in [-0.05, 0) is 19.3 Å². The molecule has 72 valence electrons. The molecule has 4 nitrogen and oxygen atoms in total. The molecule has 1 saturated carbocycles. The van der Waals surface area contributed by atoms with Crippen LogP contribution in [0.2, 0.25) is 0 Å². The molecule has 0 aromatic rings. The van der Waals surface area contributed by atoms with E-state index in [1.165, 1.54) is 0 Å². The molecule has 0 spiro atoms. The highest BCUT2D eigenvalue weighted by Gasteiger charge is 2.24. The molecule has 0 aromatic carbocycles. The molecule has 1 unspecified atom stereocenters. The van der Waals surface area contributed by atoms with Crippen molar-refractivity contribution in [2.45, 2.75) is 37.5 Å². The Bertz CT molecular complexity index is 131. The molecular formula is C8H17NO3. The van der Waals surface area contributed by atoms with Gasteiger partial charge in [-0.25, -0.2) is 0 Å². The second kappa shape index (κ2) is 4.77. The van der Waals surface area contributed by atoms with E-state index in [1.807, 2.05) is 0 Å². The molecule has 1 fully saturated rings. The van der Waals surface area contributed by atoms with Crippen LogP contribution in [0.1, 0.15) is 19.3 Å². The van der Waals surface area contributed by atoms with Crippen molar-refractivity contribution < 1.29 is 15.3 Å². The van der Waals surface area contributed by atoms with Crippen LogP contribution in [0.25, 0.3) is 0 Å². The van der Waals surface area contributed by atoms with Gasteiger partial charge in [0.05, 0.1) is 18.8 Å². The minimum absolute atomic E-state index is 0.103. The lowest BCUT2D eigenvalue weighted by Crippen LogP contribution is -2.41. The van der Waals surface area contributed by atoms with E-state index in [1.54, 1.807) is 0 Å². The lowest BCUT2D eigenvalue weighted by Gasteiger charge is -2.17. The zero-order valence-electron chi connectivity index (χ0n) is 7.11. The van der Waals surface area contributed by atoms with Gasteiger partial charge in [-0.3, -0.25) is 0 Å². The van der Waals surface area contributed by atoms with Crippen LogP contribution in [0.15, 0.2) is 0 Å². The predicted octanol–water partition coefficient (Wildman–Crippen LogP) is -1.16.